The number of nitrogens with one attached hydrogen (secondary N) is 1. The third kappa shape index (κ3) is 4.42. The van der Waals surface area contributed by atoms with Gasteiger partial charge in [-0.2, -0.15) is 0 Å². The summed E-state index contributed by atoms with van der Waals surface area (Å²) in [4.78, 5) is 4.11. The largest absolute Gasteiger partial charge is 0.508 e. The molecule has 0 amide bonds. The SMILES string of the molecule is C=C(/N=C\C=C(/N)c1cccc(O)c1)Nc1cccc(O)c1. The van der Waals surface area contributed by atoms with Crippen molar-refractivity contribution < 1.29 is 10.2 Å². The Hall–Kier alpha value is -3.21. The molecule has 0 saturated heterocycles. The summed E-state index contributed by atoms with van der Waals surface area (Å²) in [6.07, 6.45) is 3.13. The Morgan fingerprint density at radius 2 is 1.77 bits per heavy atom. The molecule has 0 aliphatic heterocycles. The number of benzene rings is 2. The van der Waals surface area contributed by atoms with Crippen LogP contribution in [0.5, 0.6) is 11.5 Å². The van der Waals surface area contributed by atoms with E-state index < -0.39 is 0 Å². The number of nitrogens with zero attached hydrogens (tertiary/aromatic N) is 1. The summed E-state index contributed by atoms with van der Waals surface area (Å²) >= 11 is 0. The smallest absolute Gasteiger partial charge is 0.122 e. The molecule has 0 saturated carbocycles. The average molecular weight is 295 g/mol. The van der Waals surface area contributed by atoms with E-state index in [1.165, 1.54) is 6.21 Å². The summed E-state index contributed by atoms with van der Waals surface area (Å²) in [6, 6.07) is 13.3. The number of phenols is 2. The summed E-state index contributed by atoms with van der Waals surface area (Å²) in [5.41, 5.74) is 7.77. The monoisotopic (exact) mass is 295 g/mol. The van der Waals surface area contributed by atoms with E-state index in [4.69, 9.17) is 5.73 Å². The molecule has 0 aliphatic carbocycles. The summed E-state index contributed by atoms with van der Waals surface area (Å²) in [7, 11) is 0. The van der Waals surface area contributed by atoms with Crippen LogP contribution in [0.3, 0.4) is 0 Å². The minimum Gasteiger partial charge on any atom is -0.508 e. The number of nitrogens with two attached hydrogens (primary N) is 1. The molecular formula is C17H17N3O2. The first-order valence-electron chi connectivity index (χ1n) is 6.59. The molecular weight excluding hydrogens is 278 g/mol. The minimum absolute atomic E-state index is 0.153. The van der Waals surface area contributed by atoms with E-state index in [1.54, 1.807) is 54.6 Å². The molecule has 5 heteroatoms. The molecule has 0 unspecified atom stereocenters. The highest BCUT2D eigenvalue weighted by Crippen LogP contribution is 2.17. The first kappa shape index (κ1) is 15.2. The van der Waals surface area contributed by atoms with Crippen molar-refractivity contribution in [3.8, 4) is 11.5 Å². The van der Waals surface area contributed by atoms with Crippen LogP contribution in [0.15, 0.2) is 72.0 Å². The third-order valence-corrected chi connectivity index (χ3v) is 2.80. The predicted molar refractivity (Wildman–Crippen MR) is 89.6 cm³/mol. The van der Waals surface area contributed by atoms with Gasteiger partial charge in [-0.3, -0.25) is 0 Å². The third-order valence-electron chi connectivity index (χ3n) is 2.80. The Labute approximate surface area is 128 Å². The molecule has 0 heterocycles. The molecule has 0 radical (unpaired) electrons. The zero-order valence-electron chi connectivity index (χ0n) is 11.9. The van der Waals surface area contributed by atoms with Crippen LogP contribution < -0.4 is 11.1 Å². The van der Waals surface area contributed by atoms with Gasteiger partial charge in [-0.15, -0.1) is 0 Å². The van der Waals surface area contributed by atoms with Crippen molar-refractivity contribution >= 4 is 17.6 Å². The number of anilines is 1. The average Bonchev–Trinajstić information content (AvgIpc) is 2.47. The van der Waals surface area contributed by atoms with Gasteiger partial charge in [-0.1, -0.05) is 24.8 Å². The van der Waals surface area contributed by atoms with Crippen molar-refractivity contribution in [2.45, 2.75) is 0 Å². The zero-order chi connectivity index (χ0) is 15.9. The van der Waals surface area contributed by atoms with E-state index in [0.29, 0.717) is 22.8 Å². The lowest BCUT2D eigenvalue weighted by Crippen LogP contribution is -1.97. The molecule has 112 valence electrons. The fourth-order valence-corrected chi connectivity index (χ4v) is 1.77. The number of phenolic OH excluding ortho intramolecular Hbond substituents is 2. The van der Waals surface area contributed by atoms with E-state index in [0.717, 1.165) is 0 Å². The van der Waals surface area contributed by atoms with Crippen LogP contribution in [0.25, 0.3) is 5.70 Å². The van der Waals surface area contributed by atoms with E-state index in [9.17, 15) is 10.2 Å². The molecule has 2 aromatic carbocycles. The maximum Gasteiger partial charge on any atom is 0.122 e. The summed E-state index contributed by atoms with van der Waals surface area (Å²) < 4.78 is 0. The summed E-state index contributed by atoms with van der Waals surface area (Å²) in [6.45, 7) is 3.76. The molecule has 22 heavy (non-hydrogen) atoms. The van der Waals surface area contributed by atoms with Gasteiger partial charge in [0.1, 0.15) is 17.3 Å². The maximum absolute atomic E-state index is 9.40. The Morgan fingerprint density at radius 1 is 1.09 bits per heavy atom. The van der Waals surface area contributed by atoms with Gasteiger partial charge >= 0.3 is 0 Å². The number of hydrogen-bond acceptors (Lipinski definition) is 5. The van der Waals surface area contributed by atoms with Gasteiger partial charge < -0.3 is 21.3 Å². The quantitative estimate of drug-likeness (QED) is 0.638. The van der Waals surface area contributed by atoms with Gasteiger partial charge in [0.05, 0.1) is 0 Å². The Kier molecular flexibility index (Phi) is 4.82. The molecule has 0 aromatic heterocycles. The first-order chi connectivity index (χ1) is 10.5. The molecule has 0 atom stereocenters. The summed E-state index contributed by atoms with van der Waals surface area (Å²) in [5.74, 6) is 0.723. The van der Waals surface area contributed by atoms with E-state index in [-0.39, 0.29) is 11.5 Å². The highest BCUT2D eigenvalue weighted by Gasteiger charge is 1.97. The summed E-state index contributed by atoms with van der Waals surface area (Å²) in [5, 5.41) is 21.7. The Bertz CT molecular complexity index is 736. The van der Waals surface area contributed by atoms with Gasteiger partial charge in [0, 0.05) is 29.2 Å². The van der Waals surface area contributed by atoms with Crippen molar-refractivity contribution in [1.82, 2.24) is 0 Å². The number of rotatable bonds is 5. The van der Waals surface area contributed by atoms with Gasteiger partial charge in [-0.25, -0.2) is 4.99 Å². The number of allylic oxidation sites excluding steroid dienone is 1. The normalized spacial score (nSPS) is 11.5. The molecule has 0 bridgehead atoms. The molecule has 0 spiro atoms. The fraction of sp³-hybridized carbons (Fsp3) is 0. The van der Waals surface area contributed by atoms with Gasteiger partial charge in [0.15, 0.2) is 0 Å². The second-order valence-electron chi connectivity index (χ2n) is 4.57. The van der Waals surface area contributed by atoms with Crippen molar-refractivity contribution in [2.24, 2.45) is 10.7 Å². The lowest BCUT2D eigenvalue weighted by Gasteiger charge is -2.05. The van der Waals surface area contributed by atoms with E-state index >= 15 is 0 Å². The van der Waals surface area contributed by atoms with Gasteiger partial charge in [-0.05, 0) is 30.3 Å². The topological polar surface area (TPSA) is 90.9 Å². The second kappa shape index (κ2) is 6.99. The van der Waals surface area contributed by atoms with Gasteiger partial charge in [0.25, 0.3) is 0 Å². The highest BCUT2D eigenvalue weighted by molar-refractivity contribution is 5.84. The standard InChI is InChI=1S/C17H17N3O2/c1-12(20-14-5-3-7-16(22)11-14)19-9-8-17(18)13-4-2-6-15(21)10-13/h2-11,20-22H,1,18H2/b17-8-,19-9-. The Balaban J connectivity index is 1.99. The number of aromatic hydroxyl groups is 2. The first-order valence-corrected chi connectivity index (χ1v) is 6.59. The van der Waals surface area contributed by atoms with Crippen LogP contribution in [-0.4, -0.2) is 16.4 Å². The molecule has 2 rings (SSSR count). The van der Waals surface area contributed by atoms with Crippen LogP contribution >= 0.6 is 0 Å². The van der Waals surface area contributed by atoms with Crippen molar-refractivity contribution in [2.75, 3.05) is 5.32 Å². The van der Waals surface area contributed by atoms with Crippen molar-refractivity contribution in [1.29, 1.82) is 0 Å². The van der Waals surface area contributed by atoms with Crippen molar-refractivity contribution in [3.63, 3.8) is 0 Å². The number of hydrogen-bond donors (Lipinski definition) is 4. The number of aliphatic imine (C=N–C) groups is 1. The molecule has 0 aliphatic rings. The molecule has 2 aromatic rings. The molecule has 5 N–H and O–H groups in total. The molecule has 0 fully saturated rings. The zero-order valence-corrected chi connectivity index (χ0v) is 11.9. The minimum atomic E-state index is 0.153. The lowest BCUT2D eigenvalue weighted by molar-refractivity contribution is 0.475. The van der Waals surface area contributed by atoms with Gasteiger partial charge in [0.2, 0.25) is 0 Å². The maximum atomic E-state index is 9.40. The molecule has 5 nitrogen and oxygen atoms in total. The van der Waals surface area contributed by atoms with Crippen LogP contribution in [0, 0.1) is 0 Å². The highest BCUT2D eigenvalue weighted by atomic mass is 16.3. The van der Waals surface area contributed by atoms with Crippen LogP contribution in [0.1, 0.15) is 5.56 Å². The van der Waals surface area contributed by atoms with Crippen molar-refractivity contribution in [3.05, 3.63) is 72.6 Å². The van der Waals surface area contributed by atoms with Crippen LogP contribution in [0.2, 0.25) is 0 Å². The van der Waals surface area contributed by atoms with Crippen LogP contribution in [0.4, 0.5) is 5.69 Å². The van der Waals surface area contributed by atoms with E-state index in [2.05, 4.69) is 16.9 Å². The second-order valence-corrected chi connectivity index (χ2v) is 4.57. The predicted octanol–water partition coefficient (Wildman–Crippen LogP) is 3.05. The lowest BCUT2D eigenvalue weighted by atomic mass is 10.1. The van der Waals surface area contributed by atoms with Crippen LogP contribution in [-0.2, 0) is 0 Å². The Morgan fingerprint density at radius 3 is 2.45 bits per heavy atom. The fourth-order valence-electron chi connectivity index (χ4n) is 1.77. The van der Waals surface area contributed by atoms with E-state index in [1.807, 2.05) is 0 Å².